The Morgan fingerprint density at radius 3 is 2.81 bits per heavy atom. The van der Waals surface area contributed by atoms with Crippen molar-refractivity contribution in [3.05, 3.63) is 69.9 Å². The lowest BCUT2D eigenvalue weighted by atomic mass is 10.2. The van der Waals surface area contributed by atoms with Crippen LogP contribution in [0.4, 0.5) is 0 Å². The Bertz CT molecular complexity index is 908. The number of hydrogen-bond acceptors (Lipinski definition) is 4. The number of nitrogens with zero attached hydrogens (tertiary/aromatic N) is 3. The maximum atomic E-state index is 12.9. The molecule has 6 heteroatoms. The minimum Gasteiger partial charge on any atom is -0.333 e. The van der Waals surface area contributed by atoms with Gasteiger partial charge in [0.1, 0.15) is 5.01 Å². The molecular weight excluding hydrogens is 410 g/mol. The highest BCUT2D eigenvalue weighted by Crippen LogP contribution is 2.30. The fraction of sp³-hybridized carbons (Fsp3) is 0.250. The normalized spacial score (nSPS) is 13.6. The summed E-state index contributed by atoms with van der Waals surface area (Å²) in [4.78, 5) is 23.8. The van der Waals surface area contributed by atoms with Crippen LogP contribution in [0, 0.1) is 0 Å². The van der Waals surface area contributed by atoms with Gasteiger partial charge in [0.25, 0.3) is 0 Å². The first kappa shape index (κ1) is 17.4. The Labute approximate surface area is 165 Å². The van der Waals surface area contributed by atoms with E-state index >= 15 is 0 Å². The Hall–Kier alpha value is -2.05. The number of hydrogen-bond donors (Lipinski definition) is 0. The van der Waals surface area contributed by atoms with Gasteiger partial charge in [0.05, 0.1) is 24.4 Å². The van der Waals surface area contributed by atoms with E-state index in [4.69, 9.17) is 0 Å². The predicted molar refractivity (Wildman–Crippen MR) is 107 cm³/mol. The molecule has 3 aromatic rings. The third-order valence-electron chi connectivity index (χ3n) is 4.32. The van der Waals surface area contributed by atoms with Crippen LogP contribution in [-0.2, 0) is 17.8 Å². The molecule has 1 amide bonds. The molecule has 132 valence electrons. The summed E-state index contributed by atoms with van der Waals surface area (Å²) in [5.74, 6) is 0.129. The Balaban J connectivity index is 1.46. The van der Waals surface area contributed by atoms with Crippen molar-refractivity contribution in [2.75, 3.05) is 0 Å². The second kappa shape index (κ2) is 7.68. The van der Waals surface area contributed by atoms with Gasteiger partial charge >= 0.3 is 0 Å². The van der Waals surface area contributed by atoms with E-state index in [0.717, 1.165) is 39.3 Å². The zero-order valence-electron chi connectivity index (χ0n) is 14.1. The van der Waals surface area contributed by atoms with Crippen molar-refractivity contribution in [1.82, 2.24) is 14.9 Å². The molecule has 0 unspecified atom stereocenters. The molecule has 2 heterocycles. The number of aromatic nitrogens is 2. The molecule has 0 bridgehead atoms. The van der Waals surface area contributed by atoms with Gasteiger partial charge < -0.3 is 4.90 Å². The van der Waals surface area contributed by atoms with Gasteiger partial charge in [-0.2, -0.15) is 0 Å². The van der Waals surface area contributed by atoms with Crippen molar-refractivity contribution in [2.45, 2.75) is 31.8 Å². The summed E-state index contributed by atoms with van der Waals surface area (Å²) in [6, 6.07) is 14.2. The molecule has 0 spiro atoms. The van der Waals surface area contributed by atoms with Crippen LogP contribution in [0.3, 0.4) is 0 Å². The van der Waals surface area contributed by atoms with Gasteiger partial charge in [-0.3, -0.25) is 9.78 Å². The number of halogens is 1. The van der Waals surface area contributed by atoms with E-state index in [1.807, 2.05) is 52.7 Å². The Morgan fingerprint density at radius 1 is 1.19 bits per heavy atom. The molecule has 1 aliphatic carbocycles. The lowest BCUT2D eigenvalue weighted by molar-refractivity contribution is -0.131. The molecule has 0 saturated heterocycles. The fourth-order valence-electron chi connectivity index (χ4n) is 2.87. The molecule has 1 saturated carbocycles. The fourth-order valence-corrected chi connectivity index (χ4v) is 4.09. The Morgan fingerprint density at radius 2 is 2.08 bits per heavy atom. The molecule has 1 fully saturated rings. The van der Waals surface area contributed by atoms with Crippen LogP contribution < -0.4 is 0 Å². The average Bonchev–Trinajstić information content (AvgIpc) is 3.39. The lowest BCUT2D eigenvalue weighted by Gasteiger charge is -2.21. The zero-order chi connectivity index (χ0) is 17.9. The number of carbonyl (C=O) groups excluding carboxylic acids is 1. The summed E-state index contributed by atoms with van der Waals surface area (Å²) in [6.07, 6.45) is 4.28. The van der Waals surface area contributed by atoms with Crippen LogP contribution in [0.5, 0.6) is 0 Å². The number of carbonyl (C=O) groups is 1. The van der Waals surface area contributed by atoms with Crippen molar-refractivity contribution in [1.29, 1.82) is 0 Å². The predicted octanol–water partition coefficient (Wildman–Crippen LogP) is 4.70. The highest BCUT2D eigenvalue weighted by atomic mass is 79.9. The standard InChI is InChI=1S/C20H18BrN3OS/c21-15-5-3-4-14(10-15)20-23-17(13-26-20)11-19(25)24(18-7-8-18)12-16-6-1-2-9-22-16/h1-6,9-10,13,18H,7-8,11-12H2. The first-order valence-corrected chi connectivity index (χ1v) is 10.3. The minimum absolute atomic E-state index is 0.129. The molecule has 0 atom stereocenters. The first-order valence-electron chi connectivity index (χ1n) is 8.59. The average molecular weight is 428 g/mol. The van der Waals surface area contributed by atoms with Gasteiger partial charge in [0.2, 0.25) is 5.91 Å². The first-order chi connectivity index (χ1) is 12.7. The van der Waals surface area contributed by atoms with E-state index < -0.39 is 0 Å². The molecule has 1 aliphatic rings. The summed E-state index contributed by atoms with van der Waals surface area (Å²) in [5, 5.41) is 2.93. The van der Waals surface area contributed by atoms with Crippen molar-refractivity contribution in [2.24, 2.45) is 0 Å². The summed E-state index contributed by atoms with van der Waals surface area (Å²) in [5.41, 5.74) is 2.83. The summed E-state index contributed by atoms with van der Waals surface area (Å²) in [7, 11) is 0. The van der Waals surface area contributed by atoms with Crippen LogP contribution in [0.1, 0.15) is 24.2 Å². The van der Waals surface area contributed by atoms with E-state index in [0.29, 0.717) is 19.0 Å². The monoisotopic (exact) mass is 427 g/mol. The third-order valence-corrected chi connectivity index (χ3v) is 5.76. The molecule has 2 aromatic heterocycles. The lowest BCUT2D eigenvalue weighted by Crippen LogP contribution is -2.34. The van der Waals surface area contributed by atoms with Crippen LogP contribution in [-0.4, -0.2) is 26.8 Å². The minimum atomic E-state index is 0.129. The highest BCUT2D eigenvalue weighted by Gasteiger charge is 2.32. The molecule has 4 rings (SSSR count). The van der Waals surface area contributed by atoms with Crippen LogP contribution in [0.25, 0.3) is 10.6 Å². The van der Waals surface area contributed by atoms with Crippen molar-refractivity contribution < 1.29 is 4.79 Å². The van der Waals surface area contributed by atoms with Gasteiger partial charge in [-0.05, 0) is 37.1 Å². The van der Waals surface area contributed by atoms with E-state index in [1.54, 1.807) is 17.5 Å². The van der Waals surface area contributed by atoms with Gasteiger partial charge in [-0.15, -0.1) is 11.3 Å². The maximum Gasteiger partial charge on any atom is 0.229 e. The van der Waals surface area contributed by atoms with Crippen LogP contribution in [0.2, 0.25) is 0 Å². The summed E-state index contributed by atoms with van der Waals surface area (Å²) in [6.45, 7) is 0.576. The van der Waals surface area contributed by atoms with Gasteiger partial charge in [0.15, 0.2) is 0 Å². The van der Waals surface area contributed by atoms with E-state index in [2.05, 4.69) is 25.9 Å². The molecule has 0 N–H and O–H groups in total. The largest absolute Gasteiger partial charge is 0.333 e. The smallest absolute Gasteiger partial charge is 0.229 e. The van der Waals surface area contributed by atoms with Gasteiger partial charge in [-0.1, -0.05) is 34.1 Å². The molecule has 1 aromatic carbocycles. The number of pyridine rings is 1. The maximum absolute atomic E-state index is 12.9. The number of rotatable bonds is 6. The summed E-state index contributed by atoms with van der Waals surface area (Å²) < 4.78 is 1.03. The van der Waals surface area contributed by atoms with Crippen molar-refractivity contribution in [3.63, 3.8) is 0 Å². The van der Waals surface area contributed by atoms with Gasteiger partial charge in [-0.25, -0.2) is 4.98 Å². The zero-order valence-corrected chi connectivity index (χ0v) is 16.5. The third kappa shape index (κ3) is 4.19. The number of benzene rings is 1. The molecule has 0 radical (unpaired) electrons. The van der Waals surface area contributed by atoms with Crippen molar-refractivity contribution in [3.8, 4) is 10.6 Å². The molecular formula is C20H18BrN3OS. The van der Waals surface area contributed by atoms with Crippen molar-refractivity contribution >= 4 is 33.2 Å². The second-order valence-corrected chi connectivity index (χ2v) is 8.18. The van der Waals surface area contributed by atoms with E-state index in [9.17, 15) is 4.79 Å². The second-order valence-electron chi connectivity index (χ2n) is 6.41. The molecule has 26 heavy (non-hydrogen) atoms. The number of amides is 1. The molecule has 4 nitrogen and oxygen atoms in total. The SMILES string of the molecule is O=C(Cc1csc(-c2cccc(Br)c2)n1)N(Cc1ccccn1)C1CC1. The van der Waals surface area contributed by atoms with Gasteiger partial charge in [0, 0.05) is 27.7 Å². The molecule has 0 aliphatic heterocycles. The number of thiazole rings is 1. The topological polar surface area (TPSA) is 46.1 Å². The Kier molecular flexibility index (Phi) is 5.13. The summed E-state index contributed by atoms with van der Waals surface area (Å²) >= 11 is 5.07. The van der Waals surface area contributed by atoms with E-state index in [1.165, 1.54) is 0 Å². The van der Waals surface area contributed by atoms with Crippen LogP contribution in [0.15, 0.2) is 58.5 Å². The van der Waals surface area contributed by atoms with E-state index in [-0.39, 0.29) is 5.91 Å². The van der Waals surface area contributed by atoms with Crippen LogP contribution >= 0.6 is 27.3 Å². The quantitative estimate of drug-likeness (QED) is 0.572. The highest BCUT2D eigenvalue weighted by molar-refractivity contribution is 9.10.